The molecule has 22 heavy (non-hydrogen) atoms. The molecule has 2 rings (SSSR count). The van der Waals surface area contributed by atoms with E-state index in [0.717, 1.165) is 10.1 Å². The van der Waals surface area contributed by atoms with Crippen LogP contribution in [0.3, 0.4) is 0 Å². The number of aromatic nitrogens is 3. The molecule has 7 heteroatoms. The summed E-state index contributed by atoms with van der Waals surface area (Å²) < 4.78 is 2.33. The Kier molecular flexibility index (Phi) is 4.16. The van der Waals surface area contributed by atoms with Gasteiger partial charge in [-0.3, -0.25) is 18.7 Å². The summed E-state index contributed by atoms with van der Waals surface area (Å²) in [6, 6.07) is 0. The Morgan fingerprint density at radius 3 is 2.45 bits per heavy atom. The van der Waals surface area contributed by atoms with Crippen molar-refractivity contribution in [3.8, 4) is 0 Å². The van der Waals surface area contributed by atoms with Crippen LogP contribution in [0.4, 0.5) is 5.69 Å². The van der Waals surface area contributed by atoms with Gasteiger partial charge in [0.1, 0.15) is 5.39 Å². The third-order valence-corrected chi connectivity index (χ3v) is 3.70. The molecule has 0 atom stereocenters. The number of anilines is 1. The van der Waals surface area contributed by atoms with Gasteiger partial charge in [-0.25, -0.2) is 9.78 Å². The summed E-state index contributed by atoms with van der Waals surface area (Å²) in [6.45, 7) is 5.47. The van der Waals surface area contributed by atoms with Crippen molar-refractivity contribution in [2.24, 2.45) is 20.0 Å². The van der Waals surface area contributed by atoms with Gasteiger partial charge >= 0.3 is 5.69 Å². The zero-order valence-corrected chi connectivity index (χ0v) is 13.4. The number of aryl methyl sites for hydroxylation is 2. The van der Waals surface area contributed by atoms with E-state index in [1.54, 1.807) is 27.1 Å². The average Bonchev–Trinajstić information content (AvgIpc) is 2.50. The van der Waals surface area contributed by atoms with Crippen LogP contribution in [-0.4, -0.2) is 20.0 Å². The van der Waals surface area contributed by atoms with Crippen LogP contribution in [0.2, 0.25) is 0 Å². The Morgan fingerprint density at radius 1 is 1.27 bits per heavy atom. The molecule has 0 aliphatic carbocycles. The minimum Gasteiger partial charge on any atom is -0.325 e. The number of carbonyl (C=O) groups is 1. The molecule has 1 N–H and O–H groups in total. The van der Waals surface area contributed by atoms with Crippen molar-refractivity contribution in [2.45, 2.75) is 27.2 Å². The van der Waals surface area contributed by atoms with Crippen molar-refractivity contribution >= 4 is 22.6 Å². The van der Waals surface area contributed by atoms with E-state index in [1.807, 2.05) is 6.92 Å². The predicted octanol–water partition coefficient (Wildman–Crippen LogP) is 0.789. The van der Waals surface area contributed by atoms with E-state index < -0.39 is 11.2 Å². The van der Waals surface area contributed by atoms with E-state index >= 15 is 0 Å². The summed E-state index contributed by atoms with van der Waals surface area (Å²) in [6.07, 6.45) is 2.21. The Balaban J connectivity index is 2.91. The fourth-order valence-electron chi connectivity index (χ4n) is 2.25. The second-order valence-corrected chi connectivity index (χ2v) is 5.56. The number of carbonyl (C=O) groups excluding carboxylic acids is 1. The van der Waals surface area contributed by atoms with Crippen LogP contribution < -0.4 is 16.6 Å². The first-order valence-electron chi connectivity index (χ1n) is 7.18. The highest BCUT2D eigenvalue weighted by atomic mass is 16.2. The SMILES string of the molecule is CCc1cnc2c(c1NC(=O)C(C)C)c(=O)n(C)c(=O)n2C. The van der Waals surface area contributed by atoms with Gasteiger partial charge in [-0.05, 0) is 12.0 Å². The smallest absolute Gasteiger partial charge is 0.325 e. The highest BCUT2D eigenvalue weighted by Crippen LogP contribution is 2.23. The van der Waals surface area contributed by atoms with E-state index in [2.05, 4.69) is 10.3 Å². The van der Waals surface area contributed by atoms with Crippen molar-refractivity contribution in [3.05, 3.63) is 32.6 Å². The summed E-state index contributed by atoms with van der Waals surface area (Å²) in [7, 11) is 2.97. The molecule has 0 spiro atoms. The third kappa shape index (κ3) is 2.43. The minimum atomic E-state index is -0.458. The van der Waals surface area contributed by atoms with E-state index in [0.29, 0.717) is 12.1 Å². The van der Waals surface area contributed by atoms with Gasteiger partial charge < -0.3 is 5.32 Å². The number of rotatable bonds is 3. The minimum absolute atomic E-state index is 0.182. The lowest BCUT2D eigenvalue weighted by Crippen LogP contribution is -2.38. The lowest BCUT2D eigenvalue weighted by atomic mass is 10.1. The van der Waals surface area contributed by atoms with Crippen LogP contribution in [0, 0.1) is 5.92 Å². The van der Waals surface area contributed by atoms with Crippen LogP contribution in [0.15, 0.2) is 15.8 Å². The molecule has 0 aromatic carbocycles. The standard InChI is InChI=1S/C15H20N4O3/c1-6-9-7-16-12-10(11(9)17-13(20)8(2)3)14(21)19(5)15(22)18(12)4/h7-8H,6H2,1-5H3,(H,16,17,20). The Morgan fingerprint density at radius 2 is 1.91 bits per heavy atom. The van der Waals surface area contributed by atoms with E-state index in [1.165, 1.54) is 11.6 Å². The molecule has 0 saturated carbocycles. The predicted molar refractivity (Wildman–Crippen MR) is 85.1 cm³/mol. The molecule has 118 valence electrons. The normalized spacial score (nSPS) is 11.2. The van der Waals surface area contributed by atoms with Crippen LogP contribution in [-0.2, 0) is 25.3 Å². The molecule has 7 nitrogen and oxygen atoms in total. The molecule has 0 bridgehead atoms. The molecule has 0 unspecified atom stereocenters. The molecule has 0 radical (unpaired) electrons. The van der Waals surface area contributed by atoms with Crippen LogP contribution in [0.5, 0.6) is 0 Å². The molecule has 2 heterocycles. The summed E-state index contributed by atoms with van der Waals surface area (Å²) >= 11 is 0. The molecule has 2 aromatic heterocycles. The first kappa shape index (κ1) is 15.9. The Bertz CT molecular complexity index is 862. The molecule has 0 aliphatic heterocycles. The van der Waals surface area contributed by atoms with Gasteiger partial charge in [-0.2, -0.15) is 0 Å². The fraction of sp³-hybridized carbons (Fsp3) is 0.467. The van der Waals surface area contributed by atoms with Gasteiger partial charge in [0.15, 0.2) is 5.65 Å². The third-order valence-electron chi connectivity index (χ3n) is 3.70. The molecule has 2 aromatic rings. The lowest BCUT2D eigenvalue weighted by Gasteiger charge is -2.15. The molecular weight excluding hydrogens is 284 g/mol. The van der Waals surface area contributed by atoms with Gasteiger partial charge in [0.25, 0.3) is 5.56 Å². The Labute approximate surface area is 127 Å². The molecular formula is C15H20N4O3. The second-order valence-electron chi connectivity index (χ2n) is 5.56. The maximum absolute atomic E-state index is 12.5. The molecule has 1 amide bonds. The number of fused-ring (bicyclic) bond motifs is 1. The second kappa shape index (κ2) is 5.75. The van der Waals surface area contributed by atoms with E-state index in [4.69, 9.17) is 0 Å². The number of hydrogen-bond acceptors (Lipinski definition) is 4. The largest absolute Gasteiger partial charge is 0.332 e. The van der Waals surface area contributed by atoms with Gasteiger partial charge in [0.2, 0.25) is 5.91 Å². The van der Waals surface area contributed by atoms with Gasteiger partial charge in [0.05, 0.1) is 5.69 Å². The summed E-state index contributed by atoms with van der Waals surface area (Å²) in [5.41, 5.74) is 0.569. The van der Waals surface area contributed by atoms with Crippen molar-refractivity contribution < 1.29 is 4.79 Å². The highest BCUT2D eigenvalue weighted by Gasteiger charge is 2.19. The Hall–Kier alpha value is -2.44. The first-order valence-corrected chi connectivity index (χ1v) is 7.18. The topological polar surface area (TPSA) is 86.0 Å². The number of amides is 1. The monoisotopic (exact) mass is 304 g/mol. The van der Waals surface area contributed by atoms with Crippen molar-refractivity contribution in [2.75, 3.05) is 5.32 Å². The number of nitrogens with zero attached hydrogens (tertiary/aromatic N) is 3. The van der Waals surface area contributed by atoms with Crippen LogP contribution in [0.25, 0.3) is 11.0 Å². The maximum Gasteiger partial charge on any atom is 0.332 e. The zero-order valence-electron chi connectivity index (χ0n) is 13.4. The van der Waals surface area contributed by atoms with Gasteiger partial charge in [-0.1, -0.05) is 20.8 Å². The maximum atomic E-state index is 12.5. The first-order chi connectivity index (χ1) is 10.3. The quantitative estimate of drug-likeness (QED) is 0.908. The van der Waals surface area contributed by atoms with Gasteiger partial charge in [-0.15, -0.1) is 0 Å². The van der Waals surface area contributed by atoms with Crippen molar-refractivity contribution in [3.63, 3.8) is 0 Å². The van der Waals surface area contributed by atoms with Gasteiger partial charge in [0, 0.05) is 26.2 Å². The van der Waals surface area contributed by atoms with E-state index in [-0.39, 0.29) is 22.9 Å². The summed E-state index contributed by atoms with van der Waals surface area (Å²) in [4.78, 5) is 40.8. The summed E-state index contributed by atoms with van der Waals surface area (Å²) in [5, 5.41) is 3.07. The lowest BCUT2D eigenvalue weighted by molar-refractivity contribution is -0.118. The molecule has 0 fully saturated rings. The summed E-state index contributed by atoms with van der Waals surface area (Å²) in [5.74, 6) is -0.401. The van der Waals surface area contributed by atoms with E-state index in [9.17, 15) is 14.4 Å². The van der Waals surface area contributed by atoms with Crippen molar-refractivity contribution in [1.82, 2.24) is 14.1 Å². The molecule has 0 saturated heterocycles. The number of nitrogens with one attached hydrogen (secondary N) is 1. The highest BCUT2D eigenvalue weighted by molar-refractivity contribution is 6.01. The fourth-order valence-corrected chi connectivity index (χ4v) is 2.25. The average molecular weight is 304 g/mol. The van der Waals surface area contributed by atoms with Crippen LogP contribution in [0.1, 0.15) is 26.3 Å². The van der Waals surface area contributed by atoms with Crippen LogP contribution >= 0.6 is 0 Å². The molecule has 0 aliphatic rings. The number of pyridine rings is 1. The van der Waals surface area contributed by atoms with Crippen molar-refractivity contribution in [1.29, 1.82) is 0 Å². The number of hydrogen-bond donors (Lipinski definition) is 1. The zero-order chi connectivity index (χ0) is 16.6.